The summed E-state index contributed by atoms with van der Waals surface area (Å²) in [5.41, 5.74) is 1.14. The van der Waals surface area contributed by atoms with Crippen LogP contribution in [0.2, 0.25) is 0 Å². The van der Waals surface area contributed by atoms with Crippen LogP contribution in [0.15, 0.2) is 0 Å². The number of fused-ring (bicyclic) bond motifs is 5. The second-order valence-corrected chi connectivity index (χ2v) is 13.3. The Labute approximate surface area is 188 Å². The average Bonchev–Trinajstić information content (AvgIpc) is 3.06. The second kappa shape index (κ2) is 8.72. The van der Waals surface area contributed by atoms with Crippen molar-refractivity contribution in [3.8, 4) is 0 Å². The van der Waals surface area contributed by atoms with Gasteiger partial charge in [0.2, 0.25) is 0 Å². The topological polar surface area (TPSA) is 20.2 Å². The summed E-state index contributed by atoms with van der Waals surface area (Å²) >= 11 is 0. The molecule has 0 aromatic carbocycles. The number of aliphatic hydroxyl groups excluding tert-OH is 1. The lowest BCUT2D eigenvalue weighted by molar-refractivity contribution is -0.129. The maximum atomic E-state index is 10.3. The van der Waals surface area contributed by atoms with Gasteiger partial charge in [-0.25, -0.2) is 0 Å². The van der Waals surface area contributed by atoms with Gasteiger partial charge in [-0.15, -0.1) is 0 Å². The van der Waals surface area contributed by atoms with Crippen LogP contribution in [0, 0.1) is 58.2 Å². The van der Waals surface area contributed by atoms with Gasteiger partial charge in [0.25, 0.3) is 0 Å². The van der Waals surface area contributed by atoms with Crippen molar-refractivity contribution in [2.75, 3.05) is 0 Å². The fourth-order valence-corrected chi connectivity index (χ4v) is 9.90. The molecule has 4 rings (SSSR count). The van der Waals surface area contributed by atoms with Gasteiger partial charge in [0, 0.05) is 0 Å². The Hall–Kier alpha value is -0.0400. The molecule has 4 aliphatic rings. The van der Waals surface area contributed by atoms with Crippen LogP contribution in [0.25, 0.3) is 0 Å². The lowest BCUT2D eigenvalue weighted by Crippen LogP contribution is -2.54. The molecule has 0 saturated heterocycles. The van der Waals surface area contributed by atoms with Gasteiger partial charge >= 0.3 is 0 Å². The van der Waals surface area contributed by atoms with E-state index in [0.717, 1.165) is 60.2 Å². The van der Waals surface area contributed by atoms with E-state index in [-0.39, 0.29) is 6.10 Å². The number of hydrogen-bond acceptors (Lipinski definition) is 1. The van der Waals surface area contributed by atoms with Gasteiger partial charge in [-0.2, -0.15) is 0 Å². The van der Waals surface area contributed by atoms with Gasteiger partial charge in [0.05, 0.1) is 6.10 Å². The Bertz CT molecular complexity index is 583. The molecule has 0 aliphatic heterocycles. The minimum atomic E-state index is -0.0111. The standard InChI is InChI=1S/C29H52O/c1-7-21(19(2)3)9-8-20(4)25-12-13-26-24-11-10-22-18-23(30)14-16-28(22,5)27(24)15-17-29(25,26)6/h19-27,30H,7-18H2,1-6H3/t20-,21+,22-,23-,24+,25-,26+,27+,28+,29-/m1/s1. The molecule has 30 heavy (non-hydrogen) atoms. The largest absolute Gasteiger partial charge is 0.393 e. The lowest BCUT2D eigenvalue weighted by Gasteiger charge is -2.61. The zero-order valence-corrected chi connectivity index (χ0v) is 21.1. The zero-order valence-electron chi connectivity index (χ0n) is 21.1. The molecule has 0 bridgehead atoms. The minimum Gasteiger partial charge on any atom is -0.393 e. The number of aliphatic hydroxyl groups is 1. The van der Waals surface area contributed by atoms with Gasteiger partial charge in [-0.3, -0.25) is 0 Å². The van der Waals surface area contributed by atoms with E-state index in [1.807, 2.05) is 0 Å². The second-order valence-electron chi connectivity index (χ2n) is 13.3. The molecular weight excluding hydrogens is 364 g/mol. The van der Waals surface area contributed by atoms with Crippen LogP contribution in [-0.2, 0) is 0 Å². The predicted molar refractivity (Wildman–Crippen MR) is 128 cm³/mol. The van der Waals surface area contributed by atoms with E-state index in [1.54, 1.807) is 0 Å². The zero-order chi connectivity index (χ0) is 21.7. The van der Waals surface area contributed by atoms with E-state index in [9.17, 15) is 5.11 Å². The quantitative estimate of drug-likeness (QED) is 0.463. The molecule has 174 valence electrons. The Kier molecular flexibility index (Phi) is 6.72. The first-order valence-corrected chi connectivity index (χ1v) is 13.9. The van der Waals surface area contributed by atoms with Crippen molar-refractivity contribution < 1.29 is 5.11 Å². The first-order chi connectivity index (χ1) is 14.2. The summed E-state index contributed by atoms with van der Waals surface area (Å²) in [6.45, 7) is 15.2. The third-order valence-corrected chi connectivity index (χ3v) is 11.9. The molecule has 0 spiro atoms. The highest BCUT2D eigenvalue weighted by Gasteiger charge is 2.60. The summed E-state index contributed by atoms with van der Waals surface area (Å²) in [4.78, 5) is 0. The molecule has 0 radical (unpaired) electrons. The summed E-state index contributed by atoms with van der Waals surface area (Å²) in [5.74, 6) is 7.34. The van der Waals surface area contributed by atoms with Crippen molar-refractivity contribution >= 4 is 0 Å². The molecular formula is C29H52O. The Morgan fingerprint density at radius 2 is 1.53 bits per heavy atom. The minimum absolute atomic E-state index is 0.0111. The Morgan fingerprint density at radius 1 is 0.833 bits per heavy atom. The lowest BCUT2D eigenvalue weighted by atomic mass is 9.44. The molecule has 0 aromatic heterocycles. The molecule has 4 saturated carbocycles. The maximum absolute atomic E-state index is 10.3. The van der Waals surface area contributed by atoms with Crippen LogP contribution in [0.4, 0.5) is 0 Å². The first kappa shape index (κ1) is 23.1. The molecule has 0 aromatic rings. The van der Waals surface area contributed by atoms with E-state index in [2.05, 4.69) is 41.5 Å². The van der Waals surface area contributed by atoms with E-state index in [0.29, 0.717) is 10.8 Å². The molecule has 1 heteroatoms. The fourth-order valence-electron chi connectivity index (χ4n) is 9.90. The molecule has 4 fully saturated rings. The number of rotatable bonds is 6. The molecule has 1 N–H and O–H groups in total. The van der Waals surface area contributed by atoms with Crippen molar-refractivity contribution in [1.82, 2.24) is 0 Å². The van der Waals surface area contributed by atoms with Crippen molar-refractivity contribution in [3.63, 3.8) is 0 Å². The third-order valence-electron chi connectivity index (χ3n) is 11.9. The summed E-state index contributed by atoms with van der Waals surface area (Å²) in [6, 6.07) is 0. The normalized spacial score (nSPS) is 48.0. The van der Waals surface area contributed by atoms with Crippen molar-refractivity contribution in [3.05, 3.63) is 0 Å². The van der Waals surface area contributed by atoms with Gasteiger partial charge < -0.3 is 5.11 Å². The maximum Gasteiger partial charge on any atom is 0.0543 e. The first-order valence-electron chi connectivity index (χ1n) is 13.9. The van der Waals surface area contributed by atoms with Gasteiger partial charge in [-0.1, -0.05) is 54.4 Å². The molecule has 0 unspecified atom stereocenters. The van der Waals surface area contributed by atoms with E-state index < -0.39 is 0 Å². The van der Waals surface area contributed by atoms with Crippen LogP contribution in [-0.4, -0.2) is 11.2 Å². The monoisotopic (exact) mass is 416 g/mol. The smallest absolute Gasteiger partial charge is 0.0543 e. The summed E-state index contributed by atoms with van der Waals surface area (Å²) < 4.78 is 0. The van der Waals surface area contributed by atoms with E-state index in [4.69, 9.17) is 0 Å². The van der Waals surface area contributed by atoms with E-state index >= 15 is 0 Å². The van der Waals surface area contributed by atoms with Crippen LogP contribution in [0.3, 0.4) is 0 Å². The average molecular weight is 417 g/mol. The summed E-state index contributed by atoms with van der Waals surface area (Å²) in [5, 5.41) is 10.3. The van der Waals surface area contributed by atoms with Crippen LogP contribution < -0.4 is 0 Å². The fraction of sp³-hybridized carbons (Fsp3) is 1.00. The Balaban J connectivity index is 1.45. The third kappa shape index (κ3) is 3.82. The predicted octanol–water partition coefficient (Wildman–Crippen LogP) is 8.10. The molecule has 0 amide bonds. The van der Waals surface area contributed by atoms with Crippen molar-refractivity contribution in [2.24, 2.45) is 58.2 Å². The molecule has 4 aliphatic carbocycles. The van der Waals surface area contributed by atoms with Crippen LogP contribution >= 0.6 is 0 Å². The molecule has 10 atom stereocenters. The SMILES string of the molecule is CC[C@@H](CC[C@@H](C)[C@H]1CC[C@H]2[C@@H]3CC[C@@H]4C[C@H](O)CC[C@]4(C)[C@H]3CC[C@]12C)C(C)C. The van der Waals surface area contributed by atoms with Crippen molar-refractivity contribution in [2.45, 2.75) is 125 Å². The highest BCUT2D eigenvalue weighted by Crippen LogP contribution is 2.68. The molecule has 1 nitrogen and oxygen atoms in total. The van der Waals surface area contributed by atoms with E-state index in [1.165, 1.54) is 64.2 Å². The molecule has 0 heterocycles. The van der Waals surface area contributed by atoms with Gasteiger partial charge in [0.1, 0.15) is 0 Å². The van der Waals surface area contributed by atoms with Crippen LogP contribution in [0.1, 0.15) is 119 Å². The highest BCUT2D eigenvalue weighted by atomic mass is 16.3. The van der Waals surface area contributed by atoms with Crippen molar-refractivity contribution in [1.29, 1.82) is 0 Å². The summed E-state index contributed by atoms with van der Waals surface area (Å²) in [7, 11) is 0. The van der Waals surface area contributed by atoms with Gasteiger partial charge in [0.15, 0.2) is 0 Å². The van der Waals surface area contributed by atoms with Crippen LogP contribution in [0.5, 0.6) is 0 Å². The Morgan fingerprint density at radius 3 is 2.23 bits per heavy atom. The number of hydrogen-bond donors (Lipinski definition) is 1. The highest BCUT2D eigenvalue weighted by molar-refractivity contribution is 5.09. The summed E-state index contributed by atoms with van der Waals surface area (Å²) in [6.07, 6.45) is 16.5. The van der Waals surface area contributed by atoms with Gasteiger partial charge in [-0.05, 0) is 122 Å².